The number of nitrogens with zero attached hydrogens (tertiary/aromatic N) is 2. The molecule has 2 heterocycles. The number of aromatic nitrogens is 2. The Morgan fingerprint density at radius 2 is 0.915 bits per heavy atom. The molecular formula is C45H28N2. The average Bonchev–Trinajstić information content (AvgIpc) is 3.48. The molecular weight excluding hydrogens is 569 g/mol. The Kier molecular flexibility index (Phi) is 5.61. The van der Waals surface area contributed by atoms with Crippen LogP contribution in [0.1, 0.15) is 0 Å². The van der Waals surface area contributed by atoms with Crippen LogP contribution >= 0.6 is 0 Å². The Hall–Kier alpha value is -6.25. The van der Waals surface area contributed by atoms with Gasteiger partial charge in [-0.25, -0.2) is 0 Å². The van der Waals surface area contributed by atoms with Gasteiger partial charge in [0.05, 0.1) is 16.7 Å². The minimum absolute atomic E-state index is 0.987. The number of rotatable bonds is 4. The van der Waals surface area contributed by atoms with E-state index in [-0.39, 0.29) is 0 Å². The third-order valence-electron chi connectivity index (χ3n) is 9.84. The molecule has 0 amide bonds. The number of benzene rings is 8. The van der Waals surface area contributed by atoms with Crippen LogP contribution in [0.4, 0.5) is 0 Å². The highest BCUT2D eigenvalue weighted by atomic mass is 15.0. The van der Waals surface area contributed by atoms with Gasteiger partial charge in [0.1, 0.15) is 0 Å². The van der Waals surface area contributed by atoms with Crippen molar-refractivity contribution in [1.82, 2.24) is 9.55 Å². The van der Waals surface area contributed by atoms with Crippen LogP contribution in [0.25, 0.3) is 93.3 Å². The predicted octanol–water partition coefficient (Wildman–Crippen LogP) is 12.1. The normalized spacial score (nSPS) is 11.8. The van der Waals surface area contributed by atoms with E-state index < -0.39 is 0 Å². The van der Waals surface area contributed by atoms with Gasteiger partial charge in [0, 0.05) is 28.2 Å². The Labute approximate surface area is 272 Å². The number of hydrogen-bond acceptors (Lipinski definition) is 1. The lowest BCUT2D eigenvalue weighted by Crippen LogP contribution is -1.94. The molecule has 2 nitrogen and oxygen atoms in total. The zero-order valence-electron chi connectivity index (χ0n) is 25.6. The Morgan fingerprint density at radius 3 is 1.57 bits per heavy atom. The standard InChI is InChI=1S/C45H28N2/c1-2-10-36(41-13-7-8-28-46-41)34(9-1)35-25-19-31-20-26-39-33(24-18-30-21-27-40(35)45(31)44(30)39)29-16-22-32(23-17-29)47-42-14-5-3-11-37(42)38-12-4-6-15-43(38)47/h1-28H. The summed E-state index contributed by atoms with van der Waals surface area (Å²) in [4.78, 5) is 4.69. The van der Waals surface area contributed by atoms with Crippen molar-refractivity contribution < 1.29 is 0 Å². The molecule has 0 spiro atoms. The van der Waals surface area contributed by atoms with E-state index in [1.807, 2.05) is 12.3 Å². The van der Waals surface area contributed by atoms with Crippen LogP contribution in [0.3, 0.4) is 0 Å². The van der Waals surface area contributed by atoms with Crippen LogP contribution < -0.4 is 0 Å². The predicted molar refractivity (Wildman–Crippen MR) is 199 cm³/mol. The maximum atomic E-state index is 4.69. The molecule has 0 saturated heterocycles. The monoisotopic (exact) mass is 596 g/mol. The summed E-state index contributed by atoms with van der Waals surface area (Å²) in [6, 6.07) is 59.5. The van der Waals surface area contributed by atoms with Gasteiger partial charge in [-0.3, -0.25) is 4.98 Å². The van der Waals surface area contributed by atoms with E-state index in [4.69, 9.17) is 4.98 Å². The molecule has 10 rings (SSSR count). The van der Waals surface area contributed by atoms with Gasteiger partial charge in [-0.15, -0.1) is 0 Å². The first-order chi connectivity index (χ1) is 23.3. The molecule has 0 aliphatic rings. The zero-order chi connectivity index (χ0) is 30.9. The molecule has 2 heteroatoms. The van der Waals surface area contributed by atoms with Crippen molar-refractivity contribution in [2.24, 2.45) is 0 Å². The van der Waals surface area contributed by atoms with Gasteiger partial charge in [-0.1, -0.05) is 127 Å². The maximum absolute atomic E-state index is 4.69. The van der Waals surface area contributed by atoms with Gasteiger partial charge in [0.2, 0.25) is 0 Å². The van der Waals surface area contributed by atoms with Crippen molar-refractivity contribution in [3.63, 3.8) is 0 Å². The van der Waals surface area contributed by atoms with Gasteiger partial charge >= 0.3 is 0 Å². The second-order valence-electron chi connectivity index (χ2n) is 12.3. The summed E-state index contributed by atoms with van der Waals surface area (Å²) in [5.74, 6) is 0. The topological polar surface area (TPSA) is 17.8 Å². The molecule has 0 N–H and O–H groups in total. The van der Waals surface area contributed by atoms with Crippen LogP contribution in [0.5, 0.6) is 0 Å². The number of hydrogen-bond donors (Lipinski definition) is 0. The fourth-order valence-corrected chi connectivity index (χ4v) is 7.74. The van der Waals surface area contributed by atoms with E-state index in [0.29, 0.717) is 0 Å². The minimum Gasteiger partial charge on any atom is -0.309 e. The lowest BCUT2D eigenvalue weighted by atomic mass is 9.86. The van der Waals surface area contributed by atoms with Crippen molar-refractivity contribution in [3.05, 3.63) is 170 Å². The molecule has 8 aromatic carbocycles. The average molecular weight is 597 g/mol. The molecule has 0 atom stereocenters. The SMILES string of the molecule is c1ccc(-c2ccccc2-c2ccc3ccc4c(-c5ccc(-n6c7ccccc7c7ccccc76)cc5)ccc5ccc2c3c54)nc1. The molecule has 0 aliphatic carbocycles. The lowest BCUT2D eigenvalue weighted by Gasteiger charge is -2.18. The number of pyridine rings is 1. The largest absolute Gasteiger partial charge is 0.309 e. The number of para-hydroxylation sites is 2. The summed E-state index contributed by atoms with van der Waals surface area (Å²) in [6.07, 6.45) is 1.87. The number of fused-ring (bicyclic) bond motifs is 3. The van der Waals surface area contributed by atoms with E-state index in [0.717, 1.165) is 11.3 Å². The van der Waals surface area contributed by atoms with Gasteiger partial charge in [0.15, 0.2) is 0 Å². The van der Waals surface area contributed by atoms with Gasteiger partial charge in [-0.2, -0.15) is 0 Å². The smallest absolute Gasteiger partial charge is 0.0708 e. The van der Waals surface area contributed by atoms with E-state index in [1.165, 1.54) is 82.1 Å². The van der Waals surface area contributed by atoms with Crippen LogP contribution in [0, 0.1) is 0 Å². The third-order valence-corrected chi connectivity index (χ3v) is 9.84. The summed E-state index contributed by atoms with van der Waals surface area (Å²) < 4.78 is 2.38. The summed E-state index contributed by atoms with van der Waals surface area (Å²) >= 11 is 0. The first-order valence-corrected chi connectivity index (χ1v) is 16.1. The summed E-state index contributed by atoms with van der Waals surface area (Å²) in [6.45, 7) is 0. The van der Waals surface area contributed by atoms with Crippen LogP contribution in [-0.4, -0.2) is 9.55 Å². The first-order valence-electron chi connectivity index (χ1n) is 16.1. The molecule has 0 fully saturated rings. The highest BCUT2D eigenvalue weighted by Gasteiger charge is 2.17. The molecule has 0 unspecified atom stereocenters. The molecule has 0 aliphatic heterocycles. The van der Waals surface area contributed by atoms with E-state index in [1.54, 1.807) is 0 Å². The molecule has 0 radical (unpaired) electrons. The fraction of sp³-hybridized carbons (Fsp3) is 0. The fourth-order valence-electron chi connectivity index (χ4n) is 7.74. The molecule has 0 saturated carbocycles. The van der Waals surface area contributed by atoms with Crippen LogP contribution in [0.15, 0.2) is 170 Å². The highest BCUT2D eigenvalue weighted by molar-refractivity contribution is 6.27. The van der Waals surface area contributed by atoms with E-state index in [9.17, 15) is 0 Å². The summed E-state index contributed by atoms with van der Waals surface area (Å²) in [7, 11) is 0. The van der Waals surface area contributed by atoms with Crippen molar-refractivity contribution in [2.45, 2.75) is 0 Å². The molecule has 2 aromatic heterocycles. The van der Waals surface area contributed by atoms with Crippen LogP contribution in [-0.2, 0) is 0 Å². The summed E-state index contributed by atoms with van der Waals surface area (Å²) in [5.41, 5.74) is 10.6. The van der Waals surface area contributed by atoms with E-state index >= 15 is 0 Å². The Morgan fingerprint density at radius 1 is 0.362 bits per heavy atom. The lowest BCUT2D eigenvalue weighted by molar-refractivity contribution is 1.18. The van der Waals surface area contributed by atoms with Gasteiger partial charge in [-0.05, 0) is 91.0 Å². The minimum atomic E-state index is 0.987. The van der Waals surface area contributed by atoms with Crippen molar-refractivity contribution in [3.8, 4) is 39.2 Å². The Balaban J connectivity index is 1.15. The van der Waals surface area contributed by atoms with Crippen molar-refractivity contribution in [2.75, 3.05) is 0 Å². The molecule has 47 heavy (non-hydrogen) atoms. The molecule has 218 valence electrons. The molecule has 0 bridgehead atoms. The quantitative estimate of drug-likeness (QED) is 0.185. The maximum Gasteiger partial charge on any atom is 0.0708 e. The van der Waals surface area contributed by atoms with Crippen molar-refractivity contribution >= 4 is 54.1 Å². The molecule has 10 aromatic rings. The van der Waals surface area contributed by atoms with Gasteiger partial charge in [0.25, 0.3) is 0 Å². The summed E-state index contributed by atoms with van der Waals surface area (Å²) in [5, 5.41) is 10.3. The second kappa shape index (κ2) is 10.1. The second-order valence-corrected chi connectivity index (χ2v) is 12.3. The Bertz CT molecular complexity index is 2720. The highest BCUT2D eigenvalue weighted by Crippen LogP contribution is 2.44. The third kappa shape index (κ3) is 3.89. The zero-order valence-corrected chi connectivity index (χ0v) is 25.6. The first kappa shape index (κ1) is 26.0. The van der Waals surface area contributed by atoms with Crippen LogP contribution in [0.2, 0.25) is 0 Å². The van der Waals surface area contributed by atoms with E-state index in [2.05, 4.69) is 162 Å². The van der Waals surface area contributed by atoms with Gasteiger partial charge < -0.3 is 4.57 Å². The van der Waals surface area contributed by atoms with Crippen molar-refractivity contribution in [1.29, 1.82) is 0 Å².